The Morgan fingerprint density at radius 3 is 2.93 bits per heavy atom. The van der Waals surface area contributed by atoms with E-state index in [1.807, 2.05) is 0 Å². The Morgan fingerprint density at radius 2 is 2.29 bits per heavy atom. The van der Waals surface area contributed by atoms with Crippen LogP contribution in [0.4, 0.5) is 4.39 Å². The lowest BCUT2D eigenvalue weighted by molar-refractivity contribution is 0.212. The van der Waals surface area contributed by atoms with E-state index in [0.717, 1.165) is 36.1 Å². The van der Waals surface area contributed by atoms with E-state index in [2.05, 4.69) is 11.7 Å². The van der Waals surface area contributed by atoms with Gasteiger partial charge < -0.3 is 4.84 Å². The molecule has 0 aromatic carbocycles. The molecule has 0 aromatic heterocycles. The topological polar surface area (TPSA) is 21.6 Å². The number of oxime groups is 1. The highest BCUT2D eigenvalue weighted by Gasteiger charge is 2.16. The van der Waals surface area contributed by atoms with E-state index in [4.69, 9.17) is 4.84 Å². The number of allylic oxidation sites excluding steroid dienone is 4. The van der Waals surface area contributed by atoms with Crippen molar-refractivity contribution in [2.24, 2.45) is 5.16 Å². The van der Waals surface area contributed by atoms with Crippen molar-refractivity contribution in [3.05, 3.63) is 36.2 Å². The molecule has 14 heavy (non-hydrogen) atoms. The van der Waals surface area contributed by atoms with Gasteiger partial charge in [-0.15, -0.1) is 0 Å². The number of nitrogens with zero attached hydrogens (tertiary/aromatic N) is 1. The highest BCUT2D eigenvalue weighted by atomic mass is 19.1. The second-order valence-electron chi connectivity index (χ2n) is 3.06. The standard InChI is InChI=1S/C11H14FNO/c1-9-10(6-4-8-12)5-3-7-11(9)13-14-2/h4,6,8H,1,3,5,7H2,2H3/b8-4+,10-6-,13-11+. The van der Waals surface area contributed by atoms with Crippen LogP contribution in [-0.4, -0.2) is 12.8 Å². The first-order valence-corrected chi connectivity index (χ1v) is 4.55. The first-order chi connectivity index (χ1) is 6.79. The van der Waals surface area contributed by atoms with Crippen LogP contribution >= 0.6 is 0 Å². The molecule has 1 aliphatic carbocycles. The van der Waals surface area contributed by atoms with E-state index < -0.39 is 0 Å². The van der Waals surface area contributed by atoms with Gasteiger partial charge in [-0.2, -0.15) is 0 Å². The highest BCUT2D eigenvalue weighted by molar-refractivity contribution is 6.04. The van der Waals surface area contributed by atoms with E-state index in [0.29, 0.717) is 6.33 Å². The minimum atomic E-state index is 0.516. The number of hydrogen-bond donors (Lipinski definition) is 0. The summed E-state index contributed by atoms with van der Waals surface area (Å²) in [6.45, 7) is 3.91. The van der Waals surface area contributed by atoms with Crippen molar-refractivity contribution >= 4 is 5.71 Å². The molecular formula is C11H14FNO. The molecule has 0 atom stereocenters. The second kappa shape index (κ2) is 5.37. The zero-order valence-electron chi connectivity index (χ0n) is 8.29. The molecule has 0 radical (unpaired) electrons. The van der Waals surface area contributed by atoms with Crippen LogP contribution in [0, 0.1) is 0 Å². The Bertz CT molecular complexity index is 302. The second-order valence-corrected chi connectivity index (χ2v) is 3.06. The maximum atomic E-state index is 11.8. The van der Waals surface area contributed by atoms with Crippen molar-refractivity contribution in [3.8, 4) is 0 Å². The molecule has 2 nitrogen and oxygen atoms in total. The molecule has 0 N–H and O–H groups in total. The van der Waals surface area contributed by atoms with Gasteiger partial charge in [0, 0.05) is 0 Å². The fraction of sp³-hybridized carbons (Fsp3) is 0.364. The summed E-state index contributed by atoms with van der Waals surface area (Å²) in [4.78, 5) is 4.71. The number of halogens is 1. The third-order valence-electron chi connectivity index (χ3n) is 2.17. The van der Waals surface area contributed by atoms with Gasteiger partial charge >= 0.3 is 0 Å². The van der Waals surface area contributed by atoms with E-state index in [1.165, 1.54) is 13.2 Å². The van der Waals surface area contributed by atoms with Gasteiger partial charge in [0.15, 0.2) is 0 Å². The Balaban J connectivity index is 2.81. The smallest absolute Gasteiger partial charge is 0.106 e. The van der Waals surface area contributed by atoms with Crippen LogP contribution in [0.5, 0.6) is 0 Å². The molecular weight excluding hydrogens is 181 g/mol. The first-order valence-electron chi connectivity index (χ1n) is 4.55. The zero-order valence-corrected chi connectivity index (χ0v) is 8.29. The molecule has 0 aliphatic heterocycles. The van der Waals surface area contributed by atoms with Crippen LogP contribution in [0.1, 0.15) is 19.3 Å². The van der Waals surface area contributed by atoms with Crippen LogP contribution in [0.2, 0.25) is 0 Å². The van der Waals surface area contributed by atoms with Gasteiger partial charge in [0.25, 0.3) is 0 Å². The van der Waals surface area contributed by atoms with Gasteiger partial charge in [0.1, 0.15) is 7.11 Å². The van der Waals surface area contributed by atoms with Crippen LogP contribution < -0.4 is 0 Å². The van der Waals surface area contributed by atoms with Crippen LogP contribution in [0.3, 0.4) is 0 Å². The fourth-order valence-electron chi connectivity index (χ4n) is 1.48. The number of rotatable bonds is 2. The van der Waals surface area contributed by atoms with Gasteiger partial charge in [0.2, 0.25) is 0 Å². The highest BCUT2D eigenvalue weighted by Crippen LogP contribution is 2.25. The van der Waals surface area contributed by atoms with Crippen molar-refractivity contribution in [1.29, 1.82) is 0 Å². The minimum absolute atomic E-state index is 0.516. The van der Waals surface area contributed by atoms with Gasteiger partial charge in [-0.25, -0.2) is 4.39 Å². The average Bonchev–Trinajstić information content (AvgIpc) is 2.20. The molecule has 76 valence electrons. The van der Waals surface area contributed by atoms with Crippen LogP contribution in [0.15, 0.2) is 41.4 Å². The lowest BCUT2D eigenvalue weighted by atomic mass is 9.89. The molecule has 1 saturated carbocycles. The van der Waals surface area contributed by atoms with Gasteiger partial charge in [-0.1, -0.05) is 17.8 Å². The van der Waals surface area contributed by atoms with Crippen molar-refractivity contribution in [2.75, 3.05) is 7.11 Å². The maximum absolute atomic E-state index is 11.8. The van der Waals surface area contributed by atoms with Crippen molar-refractivity contribution in [1.82, 2.24) is 0 Å². The molecule has 0 unspecified atom stereocenters. The summed E-state index contributed by atoms with van der Waals surface area (Å²) in [6, 6.07) is 0. The van der Waals surface area contributed by atoms with Crippen molar-refractivity contribution in [2.45, 2.75) is 19.3 Å². The summed E-state index contributed by atoms with van der Waals surface area (Å²) in [5, 5.41) is 3.88. The molecule has 1 fully saturated rings. The Labute approximate surface area is 83.4 Å². The van der Waals surface area contributed by atoms with E-state index in [9.17, 15) is 4.39 Å². The zero-order chi connectivity index (χ0) is 10.4. The third-order valence-corrected chi connectivity index (χ3v) is 2.17. The molecule has 0 heterocycles. The van der Waals surface area contributed by atoms with E-state index in [1.54, 1.807) is 6.08 Å². The van der Waals surface area contributed by atoms with E-state index >= 15 is 0 Å². The monoisotopic (exact) mass is 195 g/mol. The SMILES string of the molecule is C=C1/C(=C\C=C\F)CCC/C1=N\OC. The molecule has 1 aliphatic rings. The van der Waals surface area contributed by atoms with E-state index in [-0.39, 0.29) is 0 Å². The van der Waals surface area contributed by atoms with Gasteiger partial charge in [-0.3, -0.25) is 0 Å². The largest absolute Gasteiger partial charge is 0.399 e. The molecule has 0 spiro atoms. The molecule has 0 saturated heterocycles. The first kappa shape index (κ1) is 10.7. The summed E-state index contributed by atoms with van der Waals surface area (Å²) in [6.07, 6.45) is 6.42. The van der Waals surface area contributed by atoms with Crippen molar-refractivity contribution < 1.29 is 9.23 Å². The molecule has 1 rings (SSSR count). The van der Waals surface area contributed by atoms with Gasteiger partial charge in [0.05, 0.1) is 12.0 Å². The summed E-state index contributed by atoms with van der Waals surface area (Å²) in [5.41, 5.74) is 2.74. The predicted molar refractivity (Wildman–Crippen MR) is 55.8 cm³/mol. The van der Waals surface area contributed by atoms with Crippen LogP contribution in [0.25, 0.3) is 0 Å². The minimum Gasteiger partial charge on any atom is -0.399 e. The lowest BCUT2D eigenvalue weighted by Crippen LogP contribution is -2.11. The molecule has 0 amide bonds. The molecule has 0 bridgehead atoms. The fourth-order valence-corrected chi connectivity index (χ4v) is 1.48. The van der Waals surface area contributed by atoms with Crippen LogP contribution in [-0.2, 0) is 4.84 Å². The molecule has 3 heteroatoms. The average molecular weight is 195 g/mol. The van der Waals surface area contributed by atoms with Gasteiger partial charge in [-0.05, 0) is 36.5 Å². The quantitative estimate of drug-likeness (QED) is 0.620. The number of hydrogen-bond acceptors (Lipinski definition) is 2. The summed E-state index contributed by atoms with van der Waals surface area (Å²) >= 11 is 0. The maximum Gasteiger partial charge on any atom is 0.106 e. The normalized spacial score (nSPS) is 23.7. The Kier molecular flexibility index (Phi) is 4.11. The Hall–Kier alpha value is -1.38. The Morgan fingerprint density at radius 1 is 1.50 bits per heavy atom. The third kappa shape index (κ3) is 2.55. The predicted octanol–water partition coefficient (Wildman–Crippen LogP) is 3.14. The summed E-state index contributed by atoms with van der Waals surface area (Å²) < 4.78 is 11.8. The summed E-state index contributed by atoms with van der Waals surface area (Å²) in [5.74, 6) is 0. The molecule has 0 aromatic rings. The summed E-state index contributed by atoms with van der Waals surface area (Å²) in [7, 11) is 1.51. The lowest BCUT2D eigenvalue weighted by Gasteiger charge is -2.17. The van der Waals surface area contributed by atoms with Crippen molar-refractivity contribution in [3.63, 3.8) is 0 Å².